The zero-order valence-corrected chi connectivity index (χ0v) is 10.2. The van der Waals surface area contributed by atoms with Gasteiger partial charge in [-0.05, 0) is 24.7 Å². The molecule has 1 fully saturated rings. The smallest absolute Gasteiger partial charge is 0.271 e. The van der Waals surface area contributed by atoms with Crippen LogP contribution in [0.1, 0.15) is 43.6 Å². The molecule has 0 spiro atoms. The van der Waals surface area contributed by atoms with Gasteiger partial charge >= 0.3 is 0 Å². The normalized spacial score (nSPS) is 22.4. The number of nitrogens with one attached hydrogen (secondary N) is 1. The number of nitrogen functional groups attached to an aromatic ring is 1. The van der Waals surface area contributed by atoms with E-state index in [9.17, 15) is 4.79 Å². The Bertz CT molecular complexity index is 413. The third-order valence-corrected chi connectivity index (χ3v) is 3.21. The molecule has 1 aromatic heterocycles. The highest BCUT2D eigenvalue weighted by Crippen LogP contribution is 2.36. The molecule has 1 aromatic rings. The zero-order valence-electron chi connectivity index (χ0n) is 10.2. The first-order valence-electron chi connectivity index (χ1n) is 5.85. The molecule has 1 amide bonds. The van der Waals surface area contributed by atoms with Crippen molar-refractivity contribution < 1.29 is 4.79 Å². The Morgan fingerprint density at radius 3 is 2.76 bits per heavy atom. The van der Waals surface area contributed by atoms with E-state index in [1.54, 1.807) is 0 Å². The molecule has 0 aliphatic heterocycles. The molecule has 5 heteroatoms. The Labute approximate surface area is 101 Å². The molecule has 0 aromatic carbocycles. The minimum Gasteiger partial charge on any atom is -0.382 e. The maximum absolute atomic E-state index is 11.9. The molecule has 17 heavy (non-hydrogen) atoms. The van der Waals surface area contributed by atoms with Gasteiger partial charge in [0, 0.05) is 6.04 Å². The lowest BCUT2D eigenvalue weighted by Crippen LogP contribution is -2.34. The van der Waals surface area contributed by atoms with E-state index in [1.165, 1.54) is 12.4 Å². The number of amides is 1. The number of carbonyl (C=O) groups is 1. The molecule has 2 rings (SSSR count). The summed E-state index contributed by atoms with van der Waals surface area (Å²) in [4.78, 5) is 19.7. The molecule has 1 unspecified atom stereocenters. The summed E-state index contributed by atoms with van der Waals surface area (Å²) in [5.74, 6) is 0.156. The van der Waals surface area contributed by atoms with E-state index >= 15 is 0 Å². The summed E-state index contributed by atoms with van der Waals surface area (Å²) in [5, 5.41) is 2.99. The van der Waals surface area contributed by atoms with Crippen molar-refractivity contribution in [3.63, 3.8) is 0 Å². The molecule has 0 bridgehead atoms. The van der Waals surface area contributed by atoms with Crippen LogP contribution in [0.25, 0.3) is 0 Å². The second-order valence-electron chi connectivity index (χ2n) is 5.40. The topological polar surface area (TPSA) is 80.9 Å². The molecule has 1 heterocycles. The lowest BCUT2D eigenvalue weighted by Gasteiger charge is -2.17. The maximum atomic E-state index is 11.9. The fraction of sp³-hybridized carbons (Fsp3) is 0.583. The van der Waals surface area contributed by atoms with Crippen LogP contribution in [0.3, 0.4) is 0 Å². The van der Waals surface area contributed by atoms with Crippen LogP contribution in [0.2, 0.25) is 0 Å². The number of anilines is 1. The number of nitrogens with zero attached hydrogens (tertiary/aromatic N) is 2. The summed E-state index contributed by atoms with van der Waals surface area (Å²) in [5.41, 5.74) is 6.07. The molecule has 3 N–H and O–H groups in total. The lowest BCUT2D eigenvalue weighted by molar-refractivity contribution is 0.0930. The van der Waals surface area contributed by atoms with Gasteiger partial charge in [-0.15, -0.1) is 0 Å². The Morgan fingerprint density at radius 2 is 2.24 bits per heavy atom. The number of carbonyl (C=O) groups excluding carboxylic acids is 1. The van der Waals surface area contributed by atoms with E-state index in [0.29, 0.717) is 16.9 Å². The van der Waals surface area contributed by atoms with Crippen molar-refractivity contribution in [3.8, 4) is 0 Å². The van der Waals surface area contributed by atoms with Crippen LogP contribution in [0.15, 0.2) is 12.4 Å². The molecule has 1 aliphatic carbocycles. The highest BCUT2D eigenvalue weighted by atomic mass is 16.1. The summed E-state index contributed by atoms with van der Waals surface area (Å²) < 4.78 is 0. The molecule has 1 saturated carbocycles. The van der Waals surface area contributed by atoms with Crippen molar-refractivity contribution in [1.29, 1.82) is 0 Å². The first-order valence-corrected chi connectivity index (χ1v) is 5.85. The monoisotopic (exact) mass is 234 g/mol. The number of hydrogen-bond donors (Lipinski definition) is 2. The van der Waals surface area contributed by atoms with Gasteiger partial charge in [-0.1, -0.05) is 13.8 Å². The largest absolute Gasteiger partial charge is 0.382 e. The summed E-state index contributed by atoms with van der Waals surface area (Å²) >= 11 is 0. The highest BCUT2D eigenvalue weighted by Gasteiger charge is 2.31. The average molecular weight is 234 g/mol. The van der Waals surface area contributed by atoms with Crippen molar-refractivity contribution in [2.75, 3.05) is 5.73 Å². The maximum Gasteiger partial charge on any atom is 0.271 e. The summed E-state index contributed by atoms with van der Waals surface area (Å²) in [7, 11) is 0. The molecule has 0 saturated heterocycles. The quantitative estimate of drug-likeness (QED) is 0.809. The minimum absolute atomic E-state index is 0.166. The van der Waals surface area contributed by atoms with Crippen LogP contribution < -0.4 is 11.1 Å². The van der Waals surface area contributed by atoms with Crippen molar-refractivity contribution in [2.24, 2.45) is 5.41 Å². The second-order valence-corrected chi connectivity index (χ2v) is 5.40. The van der Waals surface area contributed by atoms with Gasteiger partial charge in [-0.2, -0.15) is 0 Å². The highest BCUT2D eigenvalue weighted by molar-refractivity contribution is 5.92. The van der Waals surface area contributed by atoms with Crippen molar-refractivity contribution in [3.05, 3.63) is 18.1 Å². The molecule has 92 valence electrons. The SMILES string of the molecule is CC1(C)CCC(NC(=O)c2cnc(N)cn2)C1. The predicted octanol–water partition coefficient (Wildman–Crippen LogP) is 1.37. The van der Waals surface area contributed by atoms with Crippen LogP contribution in [0.5, 0.6) is 0 Å². The fourth-order valence-electron chi connectivity index (χ4n) is 2.27. The third kappa shape index (κ3) is 2.93. The Kier molecular flexibility index (Phi) is 3.00. The second kappa shape index (κ2) is 4.31. The predicted molar refractivity (Wildman–Crippen MR) is 65.3 cm³/mol. The number of aromatic nitrogens is 2. The summed E-state index contributed by atoms with van der Waals surface area (Å²) in [6, 6.07) is 0.247. The van der Waals surface area contributed by atoms with Crippen molar-refractivity contribution >= 4 is 11.7 Å². The minimum atomic E-state index is -0.166. The standard InChI is InChI=1S/C12H18N4O/c1-12(2)4-3-8(5-12)16-11(17)9-6-15-10(13)7-14-9/h6-8H,3-5H2,1-2H3,(H2,13,15)(H,16,17). The molecule has 1 aliphatic rings. The Hall–Kier alpha value is -1.65. The Morgan fingerprint density at radius 1 is 1.47 bits per heavy atom. The molecular formula is C12H18N4O. The fourth-order valence-corrected chi connectivity index (χ4v) is 2.27. The van der Waals surface area contributed by atoms with Crippen LogP contribution in [-0.2, 0) is 0 Å². The molecule has 5 nitrogen and oxygen atoms in total. The van der Waals surface area contributed by atoms with Crippen LogP contribution in [-0.4, -0.2) is 21.9 Å². The number of nitrogens with two attached hydrogens (primary N) is 1. The van der Waals surface area contributed by atoms with Gasteiger partial charge in [-0.3, -0.25) is 4.79 Å². The van der Waals surface area contributed by atoms with Crippen LogP contribution in [0.4, 0.5) is 5.82 Å². The molecule has 0 radical (unpaired) electrons. The van der Waals surface area contributed by atoms with Gasteiger partial charge in [0.1, 0.15) is 11.5 Å². The van der Waals surface area contributed by atoms with Crippen molar-refractivity contribution in [2.45, 2.75) is 39.2 Å². The van der Waals surface area contributed by atoms with Crippen LogP contribution in [0, 0.1) is 5.41 Å². The van der Waals surface area contributed by atoms with Gasteiger partial charge in [0.15, 0.2) is 0 Å². The van der Waals surface area contributed by atoms with E-state index in [4.69, 9.17) is 5.73 Å². The van der Waals surface area contributed by atoms with E-state index in [1.807, 2.05) is 0 Å². The first kappa shape index (κ1) is 11.8. The van der Waals surface area contributed by atoms with Gasteiger partial charge in [0.05, 0.1) is 12.4 Å². The average Bonchev–Trinajstić information content (AvgIpc) is 2.59. The molecular weight excluding hydrogens is 216 g/mol. The lowest BCUT2D eigenvalue weighted by atomic mass is 9.92. The summed E-state index contributed by atoms with van der Waals surface area (Å²) in [6.07, 6.45) is 5.99. The van der Waals surface area contributed by atoms with Gasteiger partial charge in [0.25, 0.3) is 5.91 Å². The number of rotatable bonds is 2. The van der Waals surface area contributed by atoms with E-state index in [2.05, 4.69) is 29.1 Å². The Balaban J connectivity index is 1.96. The van der Waals surface area contributed by atoms with E-state index < -0.39 is 0 Å². The number of hydrogen-bond acceptors (Lipinski definition) is 4. The van der Waals surface area contributed by atoms with Gasteiger partial charge in [-0.25, -0.2) is 9.97 Å². The first-order chi connectivity index (χ1) is 7.96. The molecule has 1 atom stereocenters. The van der Waals surface area contributed by atoms with E-state index in [0.717, 1.165) is 19.3 Å². The third-order valence-electron chi connectivity index (χ3n) is 3.21. The zero-order chi connectivity index (χ0) is 12.5. The van der Waals surface area contributed by atoms with Gasteiger partial charge < -0.3 is 11.1 Å². The van der Waals surface area contributed by atoms with E-state index in [-0.39, 0.29) is 11.9 Å². The van der Waals surface area contributed by atoms with Gasteiger partial charge in [0.2, 0.25) is 0 Å². The van der Waals surface area contributed by atoms with Crippen molar-refractivity contribution in [1.82, 2.24) is 15.3 Å². The summed E-state index contributed by atoms with van der Waals surface area (Å²) in [6.45, 7) is 4.45. The van der Waals surface area contributed by atoms with Crippen LogP contribution >= 0.6 is 0 Å².